The number of nitrogens with two attached hydrogens (primary N) is 1. The van der Waals surface area contributed by atoms with Crippen molar-refractivity contribution in [3.05, 3.63) is 48.5 Å². The molecule has 0 saturated heterocycles. The number of imidazole rings is 2. The molecule has 118 valence electrons. The van der Waals surface area contributed by atoms with E-state index in [-0.39, 0.29) is 0 Å². The van der Waals surface area contributed by atoms with Crippen LogP contribution in [0, 0.1) is 0 Å². The number of H-pyrrole nitrogens is 2. The van der Waals surface area contributed by atoms with Gasteiger partial charge in [0, 0.05) is 0 Å². The van der Waals surface area contributed by atoms with Crippen LogP contribution >= 0.6 is 0 Å². The molecular weight excluding hydrogens is 314 g/mol. The van der Waals surface area contributed by atoms with Crippen molar-refractivity contribution in [1.82, 2.24) is 19.9 Å². The van der Waals surface area contributed by atoms with Crippen LogP contribution in [0.5, 0.6) is 0 Å². The molecule has 2 heterocycles. The summed E-state index contributed by atoms with van der Waals surface area (Å²) in [5.41, 5.74) is 3.95. The Labute approximate surface area is 132 Å². The molecule has 0 atom stereocenters. The average molecular weight is 329 g/mol. The summed E-state index contributed by atoms with van der Waals surface area (Å²) in [5.74, 6) is 1.54. The number of nitrogens with zero attached hydrogens (tertiary/aromatic N) is 2. The molecule has 0 aliphatic rings. The van der Waals surface area contributed by atoms with Gasteiger partial charge in [-0.3, -0.25) is 0 Å². The van der Waals surface area contributed by atoms with Gasteiger partial charge in [0.15, 0.2) is 11.6 Å². The highest BCUT2D eigenvalue weighted by atomic mass is 32.2. The van der Waals surface area contributed by atoms with Crippen LogP contribution in [0.25, 0.3) is 33.7 Å². The highest BCUT2D eigenvalue weighted by molar-refractivity contribution is 7.88. The van der Waals surface area contributed by atoms with Crippen molar-refractivity contribution in [3.63, 3.8) is 0 Å². The SMILES string of the molecule is CS(N)(=O)=O.c1ccc2[nH]c(-c3nc4ccccc4[nH]3)nc2c1. The Bertz CT molecular complexity index is 920. The standard InChI is InChI=1S/C14H10N4.CH5NO2S/c1-2-6-10-9(5-1)15-13(16-10)14-17-11-7-3-4-8-12(11)18-14;1-5(2,3)4/h1-8H,(H,15,16)(H,17,18);1H3,(H2,2,3,4). The molecule has 0 aliphatic heterocycles. The lowest BCUT2D eigenvalue weighted by Gasteiger charge is -1.86. The summed E-state index contributed by atoms with van der Waals surface area (Å²) in [4.78, 5) is 15.6. The van der Waals surface area contributed by atoms with Gasteiger partial charge in [0.05, 0.1) is 28.3 Å². The number of para-hydroxylation sites is 4. The number of primary sulfonamides is 1. The van der Waals surface area contributed by atoms with E-state index in [4.69, 9.17) is 0 Å². The first-order valence-electron chi connectivity index (χ1n) is 6.78. The van der Waals surface area contributed by atoms with E-state index >= 15 is 0 Å². The number of nitrogens with one attached hydrogen (secondary N) is 2. The largest absolute Gasteiger partial charge is 0.335 e. The van der Waals surface area contributed by atoms with Crippen molar-refractivity contribution < 1.29 is 8.42 Å². The van der Waals surface area contributed by atoms with E-state index in [1.54, 1.807) is 0 Å². The summed E-state index contributed by atoms with van der Waals surface area (Å²) < 4.78 is 18.8. The quantitative estimate of drug-likeness (QED) is 0.495. The highest BCUT2D eigenvalue weighted by Crippen LogP contribution is 2.20. The molecule has 0 radical (unpaired) electrons. The molecule has 4 aromatic rings. The summed E-state index contributed by atoms with van der Waals surface area (Å²) in [6, 6.07) is 15.9. The molecule has 7 nitrogen and oxygen atoms in total. The number of aromatic nitrogens is 4. The van der Waals surface area contributed by atoms with Crippen LogP contribution in [-0.4, -0.2) is 34.6 Å². The first-order valence-corrected chi connectivity index (χ1v) is 8.73. The zero-order valence-electron chi connectivity index (χ0n) is 12.3. The lowest BCUT2D eigenvalue weighted by molar-refractivity contribution is 0.603. The van der Waals surface area contributed by atoms with Gasteiger partial charge in [-0.15, -0.1) is 0 Å². The Morgan fingerprint density at radius 1 is 0.826 bits per heavy atom. The van der Waals surface area contributed by atoms with Crippen LogP contribution in [0.3, 0.4) is 0 Å². The fourth-order valence-corrected chi connectivity index (χ4v) is 2.13. The zero-order valence-corrected chi connectivity index (χ0v) is 13.1. The Morgan fingerprint density at radius 3 is 1.52 bits per heavy atom. The molecule has 0 amide bonds. The number of fused-ring (bicyclic) bond motifs is 2. The summed E-state index contributed by atoms with van der Waals surface area (Å²) in [5, 5.41) is 4.33. The second-order valence-electron chi connectivity index (χ2n) is 5.03. The molecular formula is C15H15N5O2S. The van der Waals surface area contributed by atoms with Crippen LogP contribution in [0.4, 0.5) is 0 Å². The van der Waals surface area contributed by atoms with E-state index in [0.717, 1.165) is 40.0 Å². The second-order valence-corrected chi connectivity index (χ2v) is 6.69. The topological polar surface area (TPSA) is 118 Å². The number of sulfonamides is 1. The molecule has 0 unspecified atom stereocenters. The van der Waals surface area contributed by atoms with Gasteiger partial charge in [0.2, 0.25) is 10.0 Å². The van der Waals surface area contributed by atoms with Crippen molar-refractivity contribution in [3.8, 4) is 11.6 Å². The summed E-state index contributed by atoms with van der Waals surface area (Å²) in [6.07, 6.45) is 0.938. The van der Waals surface area contributed by atoms with E-state index in [1.165, 1.54) is 0 Å². The molecule has 2 aromatic carbocycles. The Kier molecular flexibility index (Phi) is 3.85. The monoisotopic (exact) mass is 329 g/mol. The van der Waals surface area contributed by atoms with Crippen molar-refractivity contribution in [2.24, 2.45) is 5.14 Å². The van der Waals surface area contributed by atoms with Gasteiger partial charge < -0.3 is 9.97 Å². The fourth-order valence-electron chi connectivity index (χ4n) is 2.13. The molecule has 0 spiro atoms. The van der Waals surface area contributed by atoms with Crippen LogP contribution in [0.1, 0.15) is 0 Å². The van der Waals surface area contributed by atoms with Gasteiger partial charge in [0.1, 0.15) is 0 Å². The van der Waals surface area contributed by atoms with Gasteiger partial charge in [0.25, 0.3) is 0 Å². The Balaban J connectivity index is 0.000000276. The minimum absolute atomic E-state index is 0.771. The van der Waals surface area contributed by atoms with Crippen molar-refractivity contribution in [2.75, 3.05) is 6.26 Å². The zero-order chi connectivity index (χ0) is 16.4. The number of hydrogen-bond acceptors (Lipinski definition) is 4. The predicted molar refractivity (Wildman–Crippen MR) is 90.2 cm³/mol. The molecule has 8 heteroatoms. The van der Waals surface area contributed by atoms with Crippen LogP contribution in [-0.2, 0) is 10.0 Å². The van der Waals surface area contributed by atoms with E-state index < -0.39 is 10.0 Å². The van der Waals surface area contributed by atoms with E-state index in [1.807, 2.05) is 48.5 Å². The lowest BCUT2D eigenvalue weighted by atomic mass is 10.3. The van der Waals surface area contributed by atoms with Crippen LogP contribution in [0.2, 0.25) is 0 Å². The van der Waals surface area contributed by atoms with Gasteiger partial charge >= 0.3 is 0 Å². The maximum absolute atomic E-state index is 9.41. The number of hydrogen-bond donors (Lipinski definition) is 3. The van der Waals surface area contributed by atoms with E-state index in [2.05, 4.69) is 25.1 Å². The van der Waals surface area contributed by atoms with Crippen molar-refractivity contribution in [2.45, 2.75) is 0 Å². The van der Waals surface area contributed by atoms with E-state index in [9.17, 15) is 8.42 Å². The number of benzene rings is 2. The van der Waals surface area contributed by atoms with Gasteiger partial charge in [-0.1, -0.05) is 24.3 Å². The maximum atomic E-state index is 9.41. The highest BCUT2D eigenvalue weighted by Gasteiger charge is 2.09. The third-order valence-corrected chi connectivity index (χ3v) is 3.00. The normalized spacial score (nSPS) is 11.4. The third kappa shape index (κ3) is 3.74. The smallest absolute Gasteiger partial charge is 0.206 e. The summed E-state index contributed by atoms with van der Waals surface area (Å²) in [6.45, 7) is 0. The van der Waals surface area contributed by atoms with Crippen LogP contribution in [0.15, 0.2) is 48.5 Å². The molecule has 0 bridgehead atoms. The second kappa shape index (κ2) is 5.82. The molecule has 0 aliphatic carbocycles. The van der Waals surface area contributed by atoms with Gasteiger partial charge in [-0.05, 0) is 24.3 Å². The van der Waals surface area contributed by atoms with Gasteiger partial charge in [-0.2, -0.15) is 0 Å². The minimum atomic E-state index is -3.17. The molecule has 0 saturated carbocycles. The number of rotatable bonds is 1. The minimum Gasteiger partial charge on any atom is -0.335 e. The molecule has 23 heavy (non-hydrogen) atoms. The van der Waals surface area contributed by atoms with Gasteiger partial charge in [-0.25, -0.2) is 23.5 Å². The lowest BCUT2D eigenvalue weighted by Crippen LogP contribution is -2.07. The molecule has 4 N–H and O–H groups in total. The third-order valence-electron chi connectivity index (χ3n) is 3.00. The average Bonchev–Trinajstić information content (AvgIpc) is 3.09. The Morgan fingerprint density at radius 2 is 1.17 bits per heavy atom. The van der Waals surface area contributed by atoms with Crippen molar-refractivity contribution >= 4 is 32.1 Å². The van der Waals surface area contributed by atoms with E-state index in [0.29, 0.717) is 0 Å². The molecule has 0 fully saturated rings. The summed E-state index contributed by atoms with van der Waals surface area (Å²) in [7, 11) is -3.17. The molecule has 4 rings (SSSR count). The first-order chi connectivity index (χ1) is 10.9. The van der Waals surface area contributed by atoms with Crippen LogP contribution < -0.4 is 5.14 Å². The fraction of sp³-hybridized carbons (Fsp3) is 0.0667. The summed E-state index contributed by atoms with van der Waals surface area (Å²) >= 11 is 0. The van der Waals surface area contributed by atoms with Crippen molar-refractivity contribution in [1.29, 1.82) is 0 Å². The first kappa shape index (κ1) is 15.2. The molecule has 2 aromatic heterocycles. The maximum Gasteiger partial charge on any atom is 0.206 e. The number of aromatic amines is 2. The Hall–Kier alpha value is -2.71. The predicted octanol–water partition coefficient (Wildman–Crippen LogP) is 2.01.